The first-order chi connectivity index (χ1) is 16.3. The van der Waals surface area contributed by atoms with E-state index in [9.17, 15) is 0 Å². The van der Waals surface area contributed by atoms with Crippen LogP contribution in [-0.4, -0.2) is 4.57 Å². The van der Waals surface area contributed by atoms with Crippen LogP contribution in [0.15, 0.2) is 114 Å². The number of allylic oxidation sites excluding steroid dienone is 4. The van der Waals surface area contributed by atoms with Gasteiger partial charge in [0, 0.05) is 33.2 Å². The molecule has 6 aromatic rings. The van der Waals surface area contributed by atoms with Crippen molar-refractivity contribution in [2.75, 3.05) is 0 Å². The molecule has 158 valence electrons. The van der Waals surface area contributed by atoms with Crippen LogP contribution in [-0.2, 0) is 0 Å². The molecule has 2 heterocycles. The van der Waals surface area contributed by atoms with Crippen molar-refractivity contribution in [2.45, 2.75) is 12.8 Å². The topological polar surface area (TPSA) is 18.1 Å². The van der Waals surface area contributed by atoms with Crippen molar-refractivity contribution in [2.24, 2.45) is 5.92 Å². The van der Waals surface area contributed by atoms with Gasteiger partial charge in [0.15, 0.2) is 0 Å². The van der Waals surface area contributed by atoms with Gasteiger partial charge in [-0.25, -0.2) is 0 Å². The van der Waals surface area contributed by atoms with Gasteiger partial charge in [0.05, 0.1) is 11.0 Å². The summed E-state index contributed by atoms with van der Waals surface area (Å²) in [5.74, 6) is 0.910. The van der Waals surface area contributed by atoms with Crippen molar-refractivity contribution in [3.63, 3.8) is 0 Å². The molecule has 4 aromatic carbocycles. The fourth-order valence-corrected chi connectivity index (χ4v) is 5.46. The molecule has 2 unspecified atom stereocenters. The summed E-state index contributed by atoms with van der Waals surface area (Å²) in [6.07, 6.45) is 8.94. The van der Waals surface area contributed by atoms with E-state index in [4.69, 9.17) is 4.42 Å². The Morgan fingerprint density at radius 2 is 1.39 bits per heavy atom. The van der Waals surface area contributed by atoms with Crippen molar-refractivity contribution in [3.05, 3.63) is 115 Å². The minimum Gasteiger partial charge on any atom is -0.456 e. The summed E-state index contributed by atoms with van der Waals surface area (Å²) in [7, 11) is 0. The highest BCUT2D eigenvalue weighted by Crippen LogP contribution is 2.38. The fourth-order valence-electron chi connectivity index (χ4n) is 5.46. The first kappa shape index (κ1) is 18.5. The van der Waals surface area contributed by atoms with Crippen LogP contribution in [0.3, 0.4) is 0 Å². The average Bonchev–Trinajstić information content (AvgIpc) is 3.39. The maximum absolute atomic E-state index is 6.07. The van der Waals surface area contributed by atoms with Gasteiger partial charge in [-0.3, -0.25) is 0 Å². The number of benzene rings is 4. The molecule has 33 heavy (non-hydrogen) atoms. The molecule has 2 aromatic heterocycles. The van der Waals surface area contributed by atoms with E-state index in [1.165, 1.54) is 27.4 Å². The first-order valence-corrected chi connectivity index (χ1v) is 11.6. The van der Waals surface area contributed by atoms with E-state index < -0.39 is 0 Å². The second kappa shape index (κ2) is 6.98. The number of nitrogens with zero attached hydrogens (tertiary/aromatic N) is 1. The Morgan fingerprint density at radius 1 is 0.636 bits per heavy atom. The van der Waals surface area contributed by atoms with E-state index >= 15 is 0 Å². The number of para-hydroxylation sites is 2. The van der Waals surface area contributed by atoms with Crippen LogP contribution < -0.4 is 0 Å². The molecule has 2 atom stereocenters. The van der Waals surface area contributed by atoms with Crippen LogP contribution in [0.25, 0.3) is 49.4 Å². The summed E-state index contributed by atoms with van der Waals surface area (Å²) in [5, 5.41) is 4.90. The summed E-state index contributed by atoms with van der Waals surface area (Å²) >= 11 is 0. The van der Waals surface area contributed by atoms with Gasteiger partial charge in [0.2, 0.25) is 0 Å². The largest absolute Gasteiger partial charge is 0.456 e. The number of hydrogen-bond donors (Lipinski definition) is 0. The summed E-state index contributed by atoms with van der Waals surface area (Å²) in [6.45, 7) is 2.29. The van der Waals surface area contributed by atoms with Crippen LogP contribution in [0.4, 0.5) is 0 Å². The fraction of sp³-hybridized carbons (Fsp3) is 0.0968. The monoisotopic (exact) mass is 425 g/mol. The lowest BCUT2D eigenvalue weighted by Gasteiger charge is -2.21. The molecule has 0 spiro atoms. The van der Waals surface area contributed by atoms with E-state index in [0.29, 0.717) is 11.8 Å². The molecule has 1 aliphatic carbocycles. The predicted octanol–water partition coefficient (Wildman–Crippen LogP) is 8.53. The highest BCUT2D eigenvalue weighted by atomic mass is 16.3. The smallest absolute Gasteiger partial charge is 0.135 e. The van der Waals surface area contributed by atoms with Crippen LogP contribution in [0.1, 0.15) is 18.4 Å². The molecule has 7 rings (SSSR count). The minimum atomic E-state index is 0.412. The van der Waals surface area contributed by atoms with Crippen molar-refractivity contribution >= 4 is 43.7 Å². The van der Waals surface area contributed by atoms with Crippen molar-refractivity contribution in [1.29, 1.82) is 0 Å². The highest BCUT2D eigenvalue weighted by Gasteiger charge is 2.19. The lowest BCUT2D eigenvalue weighted by Crippen LogP contribution is -2.07. The Kier molecular flexibility index (Phi) is 3.92. The van der Waals surface area contributed by atoms with Gasteiger partial charge in [-0.05, 0) is 53.9 Å². The van der Waals surface area contributed by atoms with Gasteiger partial charge in [0.25, 0.3) is 0 Å². The Hall–Kier alpha value is -4.04. The normalized spacial score (nSPS) is 18.2. The van der Waals surface area contributed by atoms with E-state index in [-0.39, 0.29) is 0 Å². The van der Waals surface area contributed by atoms with Crippen molar-refractivity contribution < 1.29 is 4.42 Å². The minimum absolute atomic E-state index is 0.412. The lowest BCUT2D eigenvalue weighted by atomic mass is 9.84. The third kappa shape index (κ3) is 2.74. The second-order valence-electron chi connectivity index (χ2n) is 9.06. The van der Waals surface area contributed by atoms with Crippen molar-refractivity contribution in [1.82, 2.24) is 4.57 Å². The van der Waals surface area contributed by atoms with Crippen LogP contribution >= 0.6 is 0 Å². The summed E-state index contributed by atoms with van der Waals surface area (Å²) in [6, 6.07) is 30.5. The maximum atomic E-state index is 6.07. The van der Waals surface area contributed by atoms with E-state index in [0.717, 1.165) is 27.6 Å². The predicted molar refractivity (Wildman–Crippen MR) is 138 cm³/mol. The average molecular weight is 426 g/mol. The molecular weight excluding hydrogens is 402 g/mol. The molecule has 2 nitrogen and oxygen atoms in total. The van der Waals surface area contributed by atoms with Crippen LogP contribution in [0.2, 0.25) is 0 Å². The van der Waals surface area contributed by atoms with E-state index in [1.54, 1.807) is 0 Å². The van der Waals surface area contributed by atoms with Crippen molar-refractivity contribution in [3.8, 4) is 5.69 Å². The Labute approximate surface area is 192 Å². The molecule has 0 N–H and O–H groups in total. The Bertz CT molecular complexity index is 1740. The number of hydrogen-bond acceptors (Lipinski definition) is 1. The number of furan rings is 1. The zero-order valence-corrected chi connectivity index (χ0v) is 18.4. The molecule has 2 heteroatoms. The molecule has 0 fully saturated rings. The quantitative estimate of drug-likeness (QED) is 0.272. The van der Waals surface area contributed by atoms with Gasteiger partial charge in [-0.1, -0.05) is 73.7 Å². The van der Waals surface area contributed by atoms with Gasteiger partial charge in [0.1, 0.15) is 11.2 Å². The van der Waals surface area contributed by atoms with Gasteiger partial charge in [-0.15, -0.1) is 0 Å². The maximum Gasteiger partial charge on any atom is 0.135 e. The van der Waals surface area contributed by atoms with Gasteiger partial charge < -0.3 is 8.98 Å². The summed E-state index contributed by atoms with van der Waals surface area (Å²) < 4.78 is 8.46. The molecule has 0 radical (unpaired) electrons. The number of aromatic nitrogens is 1. The van der Waals surface area contributed by atoms with Gasteiger partial charge >= 0.3 is 0 Å². The Morgan fingerprint density at radius 3 is 2.30 bits per heavy atom. The molecule has 0 aliphatic heterocycles. The first-order valence-electron chi connectivity index (χ1n) is 11.6. The SMILES string of the molecule is CC1C=CC=CC1c1ccc2c(c1)c1ccccc1n2-c1ccc2oc3ccccc3c2c1. The second-order valence-corrected chi connectivity index (χ2v) is 9.06. The van der Waals surface area contributed by atoms with Gasteiger partial charge in [-0.2, -0.15) is 0 Å². The number of fused-ring (bicyclic) bond motifs is 6. The number of rotatable bonds is 2. The zero-order chi connectivity index (χ0) is 21.9. The molecule has 1 aliphatic rings. The molecule has 0 amide bonds. The van der Waals surface area contributed by atoms with E-state index in [1.807, 2.05) is 12.1 Å². The lowest BCUT2D eigenvalue weighted by molar-refractivity contribution is 0.636. The summed E-state index contributed by atoms with van der Waals surface area (Å²) in [4.78, 5) is 0. The highest BCUT2D eigenvalue weighted by molar-refractivity contribution is 6.10. The molecule has 0 saturated heterocycles. The third-order valence-corrected chi connectivity index (χ3v) is 7.11. The van der Waals surface area contributed by atoms with Crippen LogP contribution in [0.5, 0.6) is 0 Å². The molecular formula is C31H23NO. The summed E-state index contributed by atoms with van der Waals surface area (Å²) in [5.41, 5.74) is 6.84. The van der Waals surface area contributed by atoms with E-state index in [2.05, 4.69) is 109 Å². The third-order valence-electron chi connectivity index (χ3n) is 7.11. The zero-order valence-electron chi connectivity index (χ0n) is 18.4. The van der Waals surface area contributed by atoms with Crippen LogP contribution in [0, 0.1) is 5.92 Å². The molecule has 0 bridgehead atoms. The molecule has 0 saturated carbocycles. The Balaban J connectivity index is 1.49. The standard InChI is InChI=1S/C31H23NO/c1-20-8-2-3-9-23(20)21-14-16-29-26(18-21)24-10-4-6-12-28(24)32(29)22-15-17-31-27(19-22)25-11-5-7-13-30(25)33-31/h2-20,23H,1H3.